The number of hydrogen-bond acceptors (Lipinski definition) is 2. The van der Waals surface area contributed by atoms with Gasteiger partial charge in [0.25, 0.3) is 0 Å². The monoisotopic (exact) mass is 706 g/mol. The second kappa shape index (κ2) is 12.4. The Kier molecular flexibility index (Phi) is 7.01. The molecule has 3 aromatic heterocycles. The molecule has 0 fully saturated rings. The van der Waals surface area contributed by atoms with Crippen LogP contribution in [-0.2, 0) is 0 Å². The van der Waals surface area contributed by atoms with Crippen LogP contribution in [0.5, 0.6) is 0 Å². The van der Waals surface area contributed by atoms with Crippen molar-refractivity contribution in [3.63, 3.8) is 0 Å². The van der Waals surface area contributed by atoms with E-state index in [-0.39, 0.29) is 5.82 Å². The molecule has 3 heterocycles. The normalized spacial score (nSPS) is 11.7. The fourth-order valence-electron chi connectivity index (χ4n) is 8.19. The van der Waals surface area contributed by atoms with Crippen molar-refractivity contribution in [3.05, 3.63) is 194 Å². The molecule has 0 spiro atoms. The SMILES string of the molecule is Fc1ccc2cc(-c3cc(-c4ccccc4)nc(-n4c5ccccc5c5cc(-c6ccc7c(c6)c6ccccc6n7-c6ccccc6)ccc54)n3)ccc2c1. The number of rotatable bonds is 5. The standard InChI is InChI=1S/C50H31FN4/c51-38-24-21-33-27-37(20-19-34(33)28-38)45-31-44(32-11-3-1-4-12-32)52-50(53-45)55-47-18-10-8-16-41(47)43-30-36(23-26-49(43)55)35-22-25-48-42(29-35)40-15-7-9-17-46(40)54(48)39-13-5-2-6-14-39/h1-31H. The zero-order valence-electron chi connectivity index (χ0n) is 29.6. The van der Waals surface area contributed by atoms with Gasteiger partial charge in [0.1, 0.15) is 5.82 Å². The molecule has 5 heteroatoms. The average molecular weight is 707 g/mol. The number of hydrogen-bond donors (Lipinski definition) is 0. The van der Waals surface area contributed by atoms with Gasteiger partial charge < -0.3 is 4.57 Å². The fraction of sp³-hybridized carbons (Fsp3) is 0. The number of benzene rings is 8. The molecule has 0 aliphatic heterocycles. The molecule has 11 rings (SSSR count). The van der Waals surface area contributed by atoms with Crippen LogP contribution >= 0.6 is 0 Å². The molecule has 0 unspecified atom stereocenters. The van der Waals surface area contributed by atoms with Gasteiger partial charge in [0.15, 0.2) is 0 Å². The number of para-hydroxylation sites is 3. The Balaban J connectivity index is 1.10. The van der Waals surface area contributed by atoms with E-state index in [1.807, 2.05) is 42.5 Å². The van der Waals surface area contributed by atoms with E-state index >= 15 is 0 Å². The lowest BCUT2D eigenvalue weighted by molar-refractivity contribution is 0.630. The number of halogens is 1. The summed E-state index contributed by atoms with van der Waals surface area (Å²) in [6, 6.07) is 64.4. The van der Waals surface area contributed by atoms with Gasteiger partial charge in [0, 0.05) is 38.4 Å². The summed E-state index contributed by atoms with van der Waals surface area (Å²) in [5.41, 5.74) is 11.4. The predicted molar refractivity (Wildman–Crippen MR) is 224 cm³/mol. The van der Waals surface area contributed by atoms with Crippen molar-refractivity contribution in [1.29, 1.82) is 0 Å². The van der Waals surface area contributed by atoms with Crippen molar-refractivity contribution < 1.29 is 4.39 Å². The summed E-state index contributed by atoms with van der Waals surface area (Å²) in [5.74, 6) is 0.339. The zero-order chi connectivity index (χ0) is 36.5. The summed E-state index contributed by atoms with van der Waals surface area (Å²) in [5, 5.41) is 6.50. The van der Waals surface area contributed by atoms with Crippen molar-refractivity contribution >= 4 is 54.4 Å². The van der Waals surface area contributed by atoms with E-state index in [0.29, 0.717) is 5.95 Å². The number of nitrogens with zero attached hydrogens (tertiary/aromatic N) is 4. The topological polar surface area (TPSA) is 35.6 Å². The van der Waals surface area contributed by atoms with Gasteiger partial charge in [-0.15, -0.1) is 0 Å². The van der Waals surface area contributed by atoms with E-state index < -0.39 is 0 Å². The molecule has 4 nitrogen and oxygen atoms in total. The molecule has 0 atom stereocenters. The lowest BCUT2D eigenvalue weighted by atomic mass is 10.0. The molecule has 0 saturated carbocycles. The molecular weight excluding hydrogens is 676 g/mol. The minimum atomic E-state index is -0.248. The van der Waals surface area contributed by atoms with Crippen LogP contribution in [0.25, 0.3) is 99.7 Å². The second-order valence-corrected chi connectivity index (χ2v) is 14.0. The Morgan fingerprint density at radius 1 is 0.345 bits per heavy atom. The first-order valence-corrected chi connectivity index (χ1v) is 18.4. The highest BCUT2D eigenvalue weighted by Gasteiger charge is 2.19. The van der Waals surface area contributed by atoms with Crippen LogP contribution in [-0.4, -0.2) is 19.1 Å². The molecule has 0 bridgehead atoms. The maximum Gasteiger partial charge on any atom is 0.235 e. The van der Waals surface area contributed by atoms with Crippen LogP contribution in [0.4, 0.5) is 4.39 Å². The lowest BCUT2D eigenvalue weighted by Crippen LogP contribution is -2.04. The minimum Gasteiger partial charge on any atom is -0.309 e. The molecule has 0 aliphatic rings. The van der Waals surface area contributed by atoms with Gasteiger partial charge in [-0.05, 0) is 94.7 Å². The van der Waals surface area contributed by atoms with E-state index in [1.165, 1.54) is 27.9 Å². The van der Waals surface area contributed by atoms with Gasteiger partial charge in [-0.25, -0.2) is 14.4 Å². The van der Waals surface area contributed by atoms with Gasteiger partial charge >= 0.3 is 0 Å². The van der Waals surface area contributed by atoms with Crippen molar-refractivity contribution in [2.75, 3.05) is 0 Å². The molecule has 0 amide bonds. The molecule has 0 N–H and O–H groups in total. The summed E-state index contributed by atoms with van der Waals surface area (Å²) in [6.45, 7) is 0. The smallest absolute Gasteiger partial charge is 0.235 e. The van der Waals surface area contributed by atoms with Crippen molar-refractivity contribution in [3.8, 4) is 45.3 Å². The third kappa shape index (κ3) is 5.12. The first-order valence-electron chi connectivity index (χ1n) is 18.4. The van der Waals surface area contributed by atoms with E-state index in [9.17, 15) is 4.39 Å². The molecule has 8 aromatic carbocycles. The highest BCUT2D eigenvalue weighted by Crippen LogP contribution is 2.38. The Morgan fingerprint density at radius 2 is 0.855 bits per heavy atom. The Bertz CT molecular complexity index is 3270. The van der Waals surface area contributed by atoms with Gasteiger partial charge in [0.2, 0.25) is 5.95 Å². The van der Waals surface area contributed by atoms with Crippen LogP contribution < -0.4 is 0 Å². The van der Waals surface area contributed by atoms with Gasteiger partial charge in [0.05, 0.1) is 33.5 Å². The van der Waals surface area contributed by atoms with Gasteiger partial charge in [-0.3, -0.25) is 4.57 Å². The third-order valence-electron chi connectivity index (χ3n) is 10.8. The first-order chi connectivity index (χ1) is 27.2. The third-order valence-corrected chi connectivity index (χ3v) is 10.8. The van der Waals surface area contributed by atoms with Crippen LogP contribution in [0.15, 0.2) is 188 Å². The Labute approximate surface area is 316 Å². The molecule has 11 aromatic rings. The van der Waals surface area contributed by atoms with Gasteiger partial charge in [-0.2, -0.15) is 0 Å². The van der Waals surface area contributed by atoms with E-state index in [0.717, 1.165) is 71.9 Å². The van der Waals surface area contributed by atoms with Crippen LogP contribution in [0.3, 0.4) is 0 Å². The summed E-state index contributed by atoms with van der Waals surface area (Å²) >= 11 is 0. The number of fused-ring (bicyclic) bond motifs is 7. The summed E-state index contributed by atoms with van der Waals surface area (Å²) in [4.78, 5) is 10.5. The molecule has 55 heavy (non-hydrogen) atoms. The molecule has 0 saturated heterocycles. The van der Waals surface area contributed by atoms with Crippen molar-refractivity contribution in [2.45, 2.75) is 0 Å². The summed E-state index contributed by atoms with van der Waals surface area (Å²) < 4.78 is 18.6. The largest absolute Gasteiger partial charge is 0.309 e. The zero-order valence-corrected chi connectivity index (χ0v) is 29.6. The van der Waals surface area contributed by atoms with E-state index in [4.69, 9.17) is 9.97 Å². The highest BCUT2D eigenvalue weighted by molar-refractivity contribution is 6.12. The Morgan fingerprint density at radius 3 is 1.55 bits per heavy atom. The van der Waals surface area contributed by atoms with Crippen molar-refractivity contribution in [1.82, 2.24) is 19.1 Å². The quantitative estimate of drug-likeness (QED) is 0.179. The number of aromatic nitrogens is 4. The summed E-state index contributed by atoms with van der Waals surface area (Å²) in [7, 11) is 0. The molecule has 0 aliphatic carbocycles. The van der Waals surface area contributed by atoms with E-state index in [2.05, 4.69) is 143 Å². The molecule has 258 valence electrons. The maximum absolute atomic E-state index is 14.0. The predicted octanol–water partition coefficient (Wildman–Crippen LogP) is 13.0. The van der Waals surface area contributed by atoms with Crippen molar-refractivity contribution in [2.24, 2.45) is 0 Å². The van der Waals surface area contributed by atoms with E-state index in [1.54, 1.807) is 6.07 Å². The Hall–Kier alpha value is -7.37. The van der Waals surface area contributed by atoms with Gasteiger partial charge in [-0.1, -0.05) is 115 Å². The average Bonchev–Trinajstić information content (AvgIpc) is 3.76. The lowest BCUT2D eigenvalue weighted by Gasteiger charge is -2.12. The molecule has 0 radical (unpaired) electrons. The first kappa shape index (κ1) is 31.2. The fourth-order valence-corrected chi connectivity index (χ4v) is 8.19. The highest BCUT2D eigenvalue weighted by atomic mass is 19.1. The van der Waals surface area contributed by atoms with Crippen LogP contribution in [0.2, 0.25) is 0 Å². The van der Waals surface area contributed by atoms with Crippen LogP contribution in [0.1, 0.15) is 0 Å². The second-order valence-electron chi connectivity index (χ2n) is 14.0. The van der Waals surface area contributed by atoms with Crippen LogP contribution in [0, 0.1) is 5.82 Å². The molecular formula is C50H31FN4. The summed E-state index contributed by atoms with van der Waals surface area (Å²) in [6.07, 6.45) is 0. The minimum absolute atomic E-state index is 0.248. The maximum atomic E-state index is 14.0.